The first-order valence-electron chi connectivity index (χ1n) is 8.57. The minimum absolute atomic E-state index is 0.246. The van der Waals surface area contributed by atoms with Crippen molar-refractivity contribution in [1.82, 2.24) is 10.2 Å². The lowest BCUT2D eigenvalue weighted by atomic mass is 10.1. The van der Waals surface area contributed by atoms with Gasteiger partial charge in [0.25, 0.3) is 5.91 Å². The lowest BCUT2D eigenvalue weighted by molar-refractivity contribution is -0.159. The number of hydrogen-bond donors (Lipinski definition) is 1. The Balaban J connectivity index is 2.14. The molecule has 5 nitrogen and oxygen atoms in total. The summed E-state index contributed by atoms with van der Waals surface area (Å²) in [7, 11) is 1.50. The maximum absolute atomic E-state index is 12.9. The van der Waals surface area contributed by atoms with E-state index in [9.17, 15) is 22.8 Å². The van der Waals surface area contributed by atoms with Crippen molar-refractivity contribution in [3.63, 3.8) is 0 Å². The molecule has 2 aromatic rings. The molecular formula is C21H18F3N3O2. The van der Waals surface area contributed by atoms with Gasteiger partial charge in [-0.15, -0.1) is 0 Å². The minimum atomic E-state index is -4.55. The third kappa shape index (κ3) is 6.81. The van der Waals surface area contributed by atoms with Crippen molar-refractivity contribution >= 4 is 17.9 Å². The first-order valence-corrected chi connectivity index (χ1v) is 8.57. The second kappa shape index (κ2) is 9.55. The number of rotatable bonds is 6. The average Bonchev–Trinajstić information content (AvgIpc) is 2.71. The number of nitrogens with zero attached hydrogens (tertiary/aromatic N) is 2. The number of nitrogens with one attached hydrogen (secondary N) is 1. The molecule has 0 bridgehead atoms. The van der Waals surface area contributed by atoms with Crippen LogP contribution in [0, 0.1) is 11.3 Å². The summed E-state index contributed by atoms with van der Waals surface area (Å²) in [5.74, 6) is -1.07. The fraction of sp³-hybridized carbons (Fsp3) is 0.190. The molecule has 150 valence electrons. The van der Waals surface area contributed by atoms with Crippen molar-refractivity contribution in [3.05, 3.63) is 76.9 Å². The fourth-order valence-corrected chi connectivity index (χ4v) is 2.50. The molecule has 0 aliphatic rings. The summed E-state index contributed by atoms with van der Waals surface area (Å²) in [4.78, 5) is 24.6. The maximum atomic E-state index is 12.9. The zero-order chi connectivity index (χ0) is 21.4. The molecule has 2 rings (SSSR count). The van der Waals surface area contributed by atoms with E-state index >= 15 is 0 Å². The molecule has 0 saturated heterocycles. The van der Waals surface area contributed by atoms with Gasteiger partial charge in [-0.1, -0.05) is 24.3 Å². The summed E-state index contributed by atoms with van der Waals surface area (Å²) >= 11 is 0. The van der Waals surface area contributed by atoms with E-state index in [1.54, 1.807) is 24.3 Å². The number of carbonyl (C=O) groups is 2. The van der Waals surface area contributed by atoms with Crippen LogP contribution in [0.4, 0.5) is 13.2 Å². The largest absolute Gasteiger partial charge is 0.406 e. The van der Waals surface area contributed by atoms with E-state index in [0.717, 1.165) is 6.08 Å². The number of carbonyl (C=O) groups excluding carboxylic acids is 2. The van der Waals surface area contributed by atoms with E-state index in [1.165, 1.54) is 37.4 Å². The summed E-state index contributed by atoms with van der Waals surface area (Å²) in [6, 6.07) is 14.2. The highest BCUT2D eigenvalue weighted by atomic mass is 19.4. The molecule has 0 aliphatic heterocycles. The second-order valence-electron chi connectivity index (χ2n) is 6.15. The Kier molecular flexibility index (Phi) is 7.15. The Labute approximate surface area is 166 Å². The number of benzene rings is 2. The molecule has 0 spiro atoms. The predicted octanol–water partition coefficient (Wildman–Crippen LogP) is 3.52. The molecular weight excluding hydrogens is 383 g/mol. The molecule has 29 heavy (non-hydrogen) atoms. The number of nitriles is 1. The number of hydrogen-bond acceptors (Lipinski definition) is 3. The molecule has 1 N–H and O–H groups in total. The van der Waals surface area contributed by atoms with Crippen LogP contribution in [0.15, 0.2) is 54.6 Å². The van der Waals surface area contributed by atoms with Crippen LogP contribution >= 0.6 is 0 Å². The molecule has 0 fully saturated rings. The van der Waals surface area contributed by atoms with Crippen LogP contribution < -0.4 is 5.32 Å². The smallest absolute Gasteiger partial charge is 0.355 e. The summed E-state index contributed by atoms with van der Waals surface area (Å²) in [6.07, 6.45) is -2.10. The third-order valence-corrected chi connectivity index (χ3v) is 3.96. The number of alkyl halides is 3. The van der Waals surface area contributed by atoms with Gasteiger partial charge in [0.05, 0.1) is 11.6 Å². The lowest BCUT2D eigenvalue weighted by Gasteiger charge is -2.23. The van der Waals surface area contributed by atoms with Crippen molar-refractivity contribution in [2.45, 2.75) is 12.7 Å². The minimum Gasteiger partial charge on any atom is -0.355 e. The Bertz CT molecular complexity index is 928. The van der Waals surface area contributed by atoms with E-state index in [4.69, 9.17) is 5.26 Å². The standard InChI is InChI=1S/C21H18F3N3O2/c1-26-20(29)18-9-6-15(7-10-18)8-11-19(28)27(14-21(22,23)24)13-17-4-2-16(12-25)3-5-17/h2-11H,13-14H2,1H3,(H,26,29)/b11-8+. The molecule has 0 heterocycles. The summed E-state index contributed by atoms with van der Waals surface area (Å²) in [5.41, 5.74) is 1.85. The Morgan fingerprint density at radius 1 is 1.10 bits per heavy atom. The summed E-state index contributed by atoms with van der Waals surface area (Å²) < 4.78 is 38.7. The first-order chi connectivity index (χ1) is 13.7. The van der Waals surface area contributed by atoms with E-state index < -0.39 is 18.6 Å². The molecule has 0 atom stereocenters. The van der Waals surface area contributed by atoms with Gasteiger partial charge in [0, 0.05) is 25.2 Å². The highest BCUT2D eigenvalue weighted by Crippen LogP contribution is 2.19. The van der Waals surface area contributed by atoms with Crippen LogP contribution in [0.2, 0.25) is 0 Å². The van der Waals surface area contributed by atoms with Crippen molar-refractivity contribution in [3.8, 4) is 6.07 Å². The second-order valence-corrected chi connectivity index (χ2v) is 6.15. The topological polar surface area (TPSA) is 73.2 Å². The summed E-state index contributed by atoms with van der Waals surface area (Å²) in [6.45, 7) is -1.64. The van der Waals surface area contributed by atoms with Crippen LogP contribution in [-0.2, 0) is 11.3 Å². The Morgan fingerprint density at radius 3 is 2.24 bits per heavy atom. The van der Waals surface area contributed by atoms with Crippen molar-refractivity contribution in [2.75, 3.05) is 13.6 Å². The monoisotopic (exact) mass is 401 g/mol. The van der Waals surface area contributed by atoms with Crippen LogP contribution in [-0.4, -0.2) is 36.5 Å². The predicted molar refractivity (Wildman–Crippen MR) is 101 cm³/mol. The molecule has 2 amide bonds. The lowest BCUT2D eigenvalue weighted by Crippen LogP contribution is -2.37. The van der Waals surface area contributed by atoms with Gasteiger partial charge in [0.1, 0.15) is 6.54 Å². The Hall–Kier alpha value is -3.60. The zero-order valence-corrected chi connectivity index (χ0v) is 15.5. The normalized spacial score (nSPS) is 11.1. The van der Waals surface area contributed by atoms with E-state index in [1.807, 2.05) is 6.07 Å². The van der Waals surface area contributed by atoms with Crippen molar-refractivity contribution in [1.29, 1.82) is 5.26 Å². The van der Waals surface area contributed by atoms with Crippen LogP contribution in [0.25, 0.3) is 6.08 Å². The average molecular weight is 401 g/mol. The number of halogens is 3. The SMILES string of the molecule is CNC(=O)c1ccc(/C=C/C(=O)N(Cc2ccc(C#N)cc2)CC(F)(F)F)cc1. The zero-order valence-electron chi connectivity index (χ0n) is 15.5. The van der Waals surface area contributed by atoms with E-state index in [-0.39, 0.29) is 12.5 Å². The van der Waals surface area contributed by atoms with Crippen LogP contribution in [0.3, 0.4) is 0 Å². The van der Waals surface area contributed by atoms with Crippen LogP contribution in [0.5, 0.6) is 0 Å². The van der Waals surface area contributed by atoms with Gasteiger partial charge in [-0.2, -0.15) is 18.4 Å². The molecule has 0 radical (unpaired) electrons. The van der Waals surface area contributed by atoms with E-state index in [2.05, 4.69) is 5.32 Å². The quantitative estimate of drug-likeness (QED) is 0.753. The van der Waals surface area contributed by atoms with Gasteiger partial charge in [-0.3, -0.25) is 9.59 Å². The highest BCUT2D eigenvalue weighted by molar-refractivity contribution is 5.94. The van der Waals surface area contributed by atoms with Gasteiger partial charge in [0.15, 0.2) is 0 Å². The van der Waals surface area contributed by atoms with E-state index in [0.29, 0.717) is 27.2 Å². The van der Waals surface area contributed by atoms with Crippen LogP contribution in [0.1, 0.15) is 27.0 Å². The van der Waals surface area contributed by atoms with Gasteiger partial charge >= 0.3 is 6.18 Å². The molecule has 0 saturated carbocycles. The summed E-state index contributed by atoms with van der Waals surface area (Å²) in [5, 5.41) is 11.3. The van der Waals surface area contributed by atoms with Gasteiger partial charge in [0.2, 0.25) is 5.91 Å². The highest BCUT2D eigenvalue weighted by Gasteiger charge is 2.32. The third-order valence-electron chi connectivity index (χ3n) is 3.96. The van der Waals surface area contributed by atoms with Gasteiger partial charge in [-0.05, 0) is 41.5 Å². The molecule has 2 aromatic carbocycles. The van der Waals surface area contributed by atoms with Gasteiger partial charge < -0.3 is 10.2 Å². The molecule has 0 aliphatic carbocycles. The molecule has 0 aromatic heterocycles. The maximum Gasteiger partial charge on any atom is 0.406 e. The molecule has 8 heteroatoms. The van der Waals surface area contributed by atoms with Crippen molar-refractivity contribution in [2.24, 2.45) is 0 Å². The Morgan fingerprint density at radius 2 is 1.72 bits per heavy atom. The fourth-order valence-electron chi connectivity index (χ4n) is 2.50. The first kappa shape index (κ1) is 21.7. The number of amides is 2. The van der Waals surface area contributed by atoms with Crippen molar-refractivity contribution < 1.29 is 22.8 Å². The van der Waals surface area contributed by atoms with Gasteiger partial charge in [-0.25, -0.2) is 0 Å². The molecule has 0 unspecified atom stereocenters.